The van der Waals surface area contributed by atoms with Crippen molar-refractivity contribution in [1.82, 2.24) is 0 Å². The lowest BCUT2D eigenvalue weighted by atomic mass is 9.46. The number of aliphatic hydroxyl groups is 12. The second-order valence-electron chi connectivity index (χ2n) is 20.9. The van der Waals surface area contributed by atoms with Crippen molar-refractivity contribution >= 4 is 5.97 Å². The first kappa shape index (κ1) is 50.6. The summed E-state index contributed by atoms with van der Waals surface area (Å²) in [6, 6.07) is 0. The molecule has 6 fully saturated rings. The summed E-state index contributed by atoms with van der Waals surface area (Å²) in [6.07, 6.45) is -16.5. The van der Waals surface area contributed by atoms with Crippen LogP contribution in [0.2, 0.25) is 0 Å². The van der Waals surface area contributed by atoms with Gasteiger partial charge in [-0.15, -0.1) is 0 Å². The fourth-order valence-electron chi connectivity index (χ4n) is 13.4. The summed E-state index contributed by atoms with van der Waals surface area (Å²) in [4.78, 5) is 13.4. The van der Waals surface area contributed by atoms with Gasteiger partial charge in [0.25, 0.3) is 0 Å². The Balaban J connectivity index is 0.872. The number of hydrogen-bond donors (Lipinski definition) is 12. The first-order valence-electron chi connectivity index (χ1n) is 23.7. The zero-order valence-electron chi connectivity index (χ0n) is 38.0. The lowest BCUT2D eigenvalue weighted by molar-refractivity contribution is -0.337. The molecule has 0 unspecified atom stereocenters. The molecule has 0 aromatic heterocycles. The molecule has 25 atom stereocenters. The van der Waals surface area contributed by atoms with Gasteiger partial charge in [0.05, 0.1) is 44.2 Å². The fourth-order valence-corrected chi connectivity index (χ4v) is 13.4. The van der Waals surface area contributed by atoms with E-state index in [1.165, 1.54) is 0 Å². The molecular weight excluding hydrogens is 872 g/mol. The van der Waals surface area contributed by atoms with Gasteiger partial charge in [0.1, 0.15) is 79.4 Å². The van der Waals surface area contributed by atoms with Gasteiger partial charge in [-0.1, -0.05) is 38.0 Å². The molecule has 0 bridgehead atoms. The maximum Gasteiger partial charge on any atom is 0.336 e. The monoisotopic (exact) mass is 944 g/mol. The minimum atomic E-state index is -1.70. The minimum absolute atomic E-state index is 0.0204. The number of fused-ring (bicyclic) bond motifs is 5. The van der Waals surface area contributed by atoms with E-state index in [1.807, 2.05) is 6.92 Å². The van der Waals surface area contributed by atoms with Crippen LogP contribution in [0.5, 0.6) is 0 Å². The first-order valence-corrected chi connectivity index (χ1v) is 23.7. The normalized spacial score (nSPS) is 51.3. The molecule has 4 heterocycles. The number of carbonyl (C=O) groups is 1. The average Bonchev–Trinajstić information content (AvgIpc) is 3.65. The number of allylic oxidation sites excluding steroid dienone is 1. The molecule has 0 spiro atoms. The highest BCUT2D eigenvalue weighted by atomic mass is 16.7. The Labute approximate surface area is 383 Å². The number of hydrogen-bond acceptors (Lipinski definition) is 20. The summed E-state index contributed by atoms with van der Waals surface area (Å²) >= 11 is 0. The SMILES string of the molecule is CC1=C(COC[C@H]2O[C@@H](O)[C@H](O)[C@@H](O)[C@@H]2O)C(=O)O[C@@H]([C@@H](C)[C@H]2CC[C@H]3[C@@H]4CC=C5C[C@@H](O[C@@H]6O[C@H](CO[C@@H]7O[C@H](CO)[C@@H](O)[C@H](O)[C@H]7O)[C@@H](O)[C@H](O)[C@H]6O)C[C@H](O)[C@]5(C)[C@H]4CC[C@]23C)C1. The number of esters is 1. The predicted octanol–water partition coefficient (Wildman–Crippen LogP) is -2.37. The number of aliphatic hydroxyl groups excluding tert-OH is 12. The van der Waals surface area contributed by atoms with Gasteiger partial charge in [-0.3, -0.25) is 0 Å². The van der Waals surface area contributed by atoms with Crippen molar-refractivity contribution in [3.63, 3.8) is 0 Å². The van der Waals surface area contributed by atoms with E-state index in [-0.39, 0.29) is 43.0 Å². The van der Waals surface area contributed by atoms with Gasteiger partial charge in [-0.05, 0) is 80.5 Å². The van der Waals surface area contributed by atoms with E-state index in [0.717, 1.165) is 43.3 Å². The van der Waals surface area contributed by atoms with Crippen LogP contribution < -0.4 is 0 Å². The van der Waals surface area contributed by atoms with Crippen molar-refractivity contribution < 1.29 is 99.2 Å². The molecule has 0 radical (unpaired) electrons. The Morgan fingerprint density at radius 1 is 0.742 bits per heavy atom. The second-order valence-corrected chi connectivity index (χ2v) is 20.9. The van der Waals surface area contributed by atoms with E-state index in [0.29, 0.717) is 36.2 Å². The van der Waals surface area contributed by atoms with E-state index in [9.17, 15) is 66.1 Å². The molecule has 12 N–H and O–H groups in total. The van der Waals surface area contributed by atoms with Crippen molar-refractivity contribution in [2.45, 2.75) is 189 Å². The van der Waals surface area contributed by atoms with E-state index >= 15 is 0 Å². The molecular formula is C46H72O20. The van der Waals surface area contributed by atoms with Crippen molar-refractivity contribution in [1.29, 1.82) is 0 Å². The molecule has 20 heteroatoms. The first-order chi connectivity index (χ1) is 31.2. The Hall–Kier alpha value is -1.77. The van der Waals surface area contributed by atoms with Crippen LogP contribution in [0.25, 0.3) is 0 Å². The smallest absolute Gasteiger partial charge is 0.336 e. The zero-order valence-corrected chi connectivity index (χ0v) is 38.0. The third kappa shape index (κ3) is 8.98. The molecule has 4 aliphatic carbocycles. The Morgan fingerprint density at radius 2 is 1.38 bits per heavy atom. The summed E-state index contributed by atoms with van der Waals surface area (Å²) in [5.74, 6) is 0.801. The topological polar surface area (TPSA) is 324 Å². The van der Waals surface area contributed by atoms with Crippen molar-refractivity contribution in [2.24, 2.45) is 40.4 Å². The van der Waals surface area contributed by atoms with E-state index in [1.54, 1.807) is 0 Å². The van der Waals surface area contributed by atoms with Crippen LogP contribution in [0.15, 0.2) is 22.8 Å². The van der Waals surface area contributed by atoms with Crippen molar-refractivity contribution in [3.8, 4) is 0 Å². The highest BCUT2D eigenvalue weighted by Gasteiger charge is 2.62. The Bertz CT molecular complexity index is 1780. The second kappa shape index (κ2) is 19.8. The van der Waals surface area contributed by atoms with Crippen LogP contribution in [0, 0.1) is 40.4 Å². The van der Waals surface area contributed by atoms with Gasteiger partial charge in [0, 0.05) is 18.3 Å². The molecule has 0 aromatic carbocycles. The molecule has 20 nitrogen and oxygen atoms in total. The highest BCUT2D eigenvalue weighted by Crippen LogP contribution is 2.67. The summed E-state index contributed by atoms with van der Waals surface area (Å²) in [5.41, 5.74) is 1.74. The van der Waals surface area contributed by atoms with Gasteiger partial charge in [-0.2, -0.15) is 0 Å². The van der Waals surface area contributed by atoms with Gasteiger partial charge in [0.2, 0.25) is 0 Å². The van der Waals surface area contributed by atoms with Crippen LogP contribution >= 0.6 is 0 Å². The molecule has 3 saturated carbocycles. The highest BCUT2D eigenvalue weighted by molar-refractivity contribution is 5.90. The molecule has 376 valence electrons. The summed E-state index contributed by atoms with van der Waals surface area (Å²) in [6.45, 7) is 7.11. The molecule has 3 saturated heterocycles. The summed E-state index contributed by atoms with van der Waals surface area (Å²) < 4.78 is 40.1. The number of cyclic esters (lactones) is 1. The third-order valence-corrected chi connectivity index (χ3v) is 17.5. The van der Waals surface area contributed by atoms with E-state index < -0.39 is 129 Å². The molecule has 8 rings (SSSR count). The van der Waals surface area contributed by atoms with Crippen molar-refractivity contribution in [3.05, 3.63) is 22.8 Å². The third-order valence-electron chi connectivity index (χ3n) is 17.5. The molecule has 0 aromatic rings. The predicted molar refractivity (Wildman–Crippen MR) is 224 cm³/mol. The van der Waals surface area contributed by atoms with Gasteiger partial charge in [-0.25, -0.2) is 4.79 Å². The molecule has 66 heavy (non-hydrogen) atoms. The van der Waals surface area contributed by atoms with Gasteiger partial charge in [0.15, 0.2) is 18.9 Å². The maximum absolute atomic E-state index is 13.4. The number of ether oxygens (including phenoxy) is 7. The summed E-state index contributed by atoms with van der Waals surface area (Å²) in [7, 11) is 0. The quantitative estimate of drug-likeness (QED) is 0.0719. The Morgan fingerprint density at radius 3 is 2.06 bits per heavy atom. The standard InChI is InChI=1S/C46H72O20/c1-18-11-27(63-41(58)23(18)15-60-16-29-33(50)35(52)38(55)42(59)64-29)19(2)24-7-8-25-22-6-5-20-12-21(13-31(48)46(20,4)26(22)9-10-45(24,25)3)62-44-40(57)37(54)34(51)30(66-44)17-61-43-39(56)36(53)32(49)28(14-47)65-43/h5,19,21-22,24-40,42-44,47-57,59H,6-17H2,1-4H3/t19-,21+,22-,24+,25-,26-,27+,28+,29+,30+,31-,32+,33+,34+,35-,36-,37-,38+,39+,40+,42+,43+,44+,45+,46-/m0/s1. The minimum Gasteiger partial charge on any atom is -0.458 e. The molecule has 4 aliphatic heterocycles. The van der Waals surface area contributed by atoms with Crippen LogP contribution in [-0.4, -0.2) is 204 Å². The van der Waals surface area contributed by atoms with E-state index in [4.69, 9.17) is 33.2 Å². The fraction of sp³-hybridized carbons (Fsp3) is 0.891. The maximum atomic E-state index is 13.4. The van der Waals surface area contributed by atoms with Crippen molar-refractivity contribution in [2.75, 3.05) is 26.4 Å². The van der Waals surface area contributed by atoms with Gasteiger partial charge < -0.3 is 94.4 Å². The summed E-state index contributed by atoms with van der Waals surface area (Å²) in [5, 5.41) is 125. The van der Waals surface area contributed by atoms with Crippen LogP contribution in [0.4, 0.5) is 0 Å². The molecule has 8 aliphatic rings. The zero-order chi connectivity index (χ0) is 47.7. The van der Waals surface area contributed by atoms with E-state index in [2.05, 4.69) is 26.8 Å². The van der Waals surface area contributed by atoms with Gasteiger partial charge >= 0.3 is 5.97 Å². The Kier molecular flexibility index (Phi) is 15.2. The van der Waals surface area contributed by atoms with Crippen LogP contribution in [0.3, 0.4) is 0 Å². The average molecular weight is 945 g/mol. The number of carbonyl (C=O) groups excluding carboxylic acids is 1. The van der Waals surface area contributed by atoms with Crippen LogP contribution in [-0.2, 0) is 38.0 Å². The lowest BCUT2D eigenvalue weighted by Crippen LogP contribution is -2.62. The van der Waals surface area contributed by atoms with Crippen LogP contribution in [0.1, 0.15) is 79.1 Å². The largest absolute Gasteiger partial charge is 0.458 e. The number of rotatable bonds is 12. The molecule has 0 amide bonds. The lowest BCUT2D eigenvalue weighted by Gasteiger charge is -2.60.